The first-order valence-electron chi connectivity index (χ1n) is 11.0. The fourth-order valence-corrected chi connectivity index (χ4v) is 5.31. The van der Waals surface area contributed by atoms with Gasteiger partial charge in [-0.1, -0.05) is 32.8 Å². The summed E-state index contributed by atoms with van der Waals surface area (Å²) >= 11 is 0. The van der Waals surface area contributed by atoms with E-state index in [9.17, 15) is 13.2 Å². The number of anilines is 2. The van der Waals surface area contributed by atoms with E-state index in [2.05, 4.69) is 18.6 Å². The summed E-state index contributed by atoms with van der Waals surface area (Å²) < 4.78 is 34.0. The van der Waals surface area contributed by atoms with Gasteiger partial charge in [-0.15, -0.1) is 0 Å². The minimum Gasteiger partial charge on any atom is -0.493 e. The highest BCUT2D eigenvalue weighted by Crippen LogP contribution is 2.35. The van der Waals surface area contributed by atoms with E-state index in [-0.39, 0.29) is 16.7 Å². The maximum absolute atomic E-state index is 12.9. The number of rotatable bonds is 7. The zero-order valence-electron chi connectivity index (χ0n) is 18.1. The van der Waals surface area contributed by atoms with Crippen molar-refractivity contribution in [2.24, 2.45) is 11.8 Å². The second-order valence-electron chi connectivity index (χ2n) is 8.85. The number of carbonyl (C=O) groups excluding carboxylic acids is 1. The number of sulfonamides is 1. The van der Waals surface area contributed by atoms with Crippen LogP contribution in [0, 0.1) is 11.8 Å². The standard InChI is InChI=1S/C24H30N2O4S/c1-17(2)16-30-21-9-11-22(12-10-21)31(28,29)25-20-8-7-18-13-14-26(23(18)15-20)24(27)19-5-3-4-6-19/h7-12,15,17,19,25H,3-6,13-14,16H2,1-2H3. The second-order valence-corrected chi connectivity index (χ2v) is 10.5. The molecule has 1 N–H and O–H groups in total. The lowest BCUT2D eigenvalue weighted by atomic mass is 10.1. The molecule has 7 heteroatoms. The quantitative estimate of drug-likeness (QED) is 0.680. The van der Waals surface area contributed by atoms with Gasteiger partial charge in [-0.05, 0) is 67.1 Å². The van der Waals surface area contributed by atoms with Crippen molar-refractivity contribution in [1.29, 1.82) is 0 Å². The Morgan fingerprint density at radius 2 is 1.84 bits per heavy atom. The number of hydrogen-bond donors (Lipinski definition) is 1. The van der Waals surface area contributed by atoms with E-state index in [0.717, 1.165) is 43.4 Å². The van der Waals surface area contributed by atoms with Crippen molar-refractivity contribution >= 4 is 27.3 Å². The van der Waals surface area contributed by atoms with Gasteiger partial charge in [0.2, 0.25) is 5.91 Å². The molecule has 0 radical (unpaired) electrons. The molecule has 2 aromatic rings. The van der Waals surface area contributed by atoms with Gasteiger partial charge in [-0.3, -0.25) is 9.52 Å². The van der Waals surface area contributed by atoms with Crippen molar-refractivity contribution in [3.8, 4) is 5.75 Å². The zero-order valence-corrected chi connectivity index (χ0v) is 19.0. The minimum atomic E-state index is -3.74. The highest BCUT2D eigenvalue weighted by molar-refractivity contribution is 7.92. The van der Waals surface area contributed by atoms with Crippen molar-refractivity contribution in [2.45, 2.75) is 50.8 Å². The first-order chi connectivity index (χ1) is 14.8. The van der Waals surface area contributed by atoms with Crippen LogP contribution in [0.3, 0.4) is 0 Å². The maximum atomic E-state index is 12.9. The van der Waals surface area contributed by atoms with E-state index in [1.807, 2.05) is 11.0 Å². The predicted octanol–water partition coefficient (Wildman–Crippen LogP) is 4.60. The summed E-state index contributed by atoms with van der Waals surface area (Å²) in [6.45, 7) is 5.36. The third kappa shape index (κ3) is 4.87. The van der Waals surface area contributed by atoms with Crippen LogP contribution in [0.1, 0.15) is 45.1 Å². The molecule has 0 spiro atoms. The topological polar surface area (TPSA) is 75.7 Å². The summed E-state index contributed by atoms with van der Waals surface area (Å²) in [7, 11) is -3.74. The molecule has 0 aromatic heterocycles. The van der Waals surface area contributed by atoms with Crippen LogP contribution in [-0.2, 0) is 21.2 Å². The SMILES string of the molecule is CC(C)COc1ccc(S(=O)(=O)Nc2ccc3c(c2)N(C(=O)C2CCCC2)CC3)cc1. The smallest absolute Gasteiger partial charge is 0.261 e. The number of ether oxygens (including phenoxy) is 1. The molecule has 1 aliphatic heterocycles. The number of benzene rings is 2. The molecule has 2 aliphatic rings. The van der Waals surface area contributed by atoms with E-state index >= 15 is 0 Å². The molecule has 1 fully saturated rings. The molecule has 0 unspecified atom stereocenters. The summed E-state index contributed by atoms with van der Waals surface area (Å²) in [5, 5.41) is 0. The van der Waals surface area contributed by atoms with Crippen LogP contribution >= 0.6 is 0 Å². The molecule has 1 amide bonds. The molecule has 0 bridgehead atoms. The van der Waals surface area contributed by atoms with E-state index in [1.54, 1.807) is 36.4 Å². The molecule has 1 heterocycles. The summed E-state index contributed by atoms with van der Waals surface area (Å²) in [5.41, 5.74) is 2.38. The molecule has 1 saturated carbocycles. The lowest BCUT2D eigenvalue weighted by Crippen LogP contribution is -2.33. The van der Waals surface area contributed by atoms with E-state index in [0.29, 0.717) is 30.5 Å². The molecule has 31 heavy (non-hydrogen) atoms. The Kier molecular flexibility index (Phi) is 6.23. The molecular weight excluding hydrogens is 412 g/mol. The average molecular weight is 443 g/mol. The van der Waals surface area contributed by atoms with E-state index in [1.165, 1.54) is 0 Å². The Balaban J connectivity index is 1.49. The van der Waals surface area contributed by atoms with E-state index < -0.39 is 10.0 Å². The van der Waals surface area contributed by atoms with Gasteiger partial charge < -0.3 is 9.64 Å². The van der Waals surface area contributed by atoms with Gasteiger partial charge in [-0.25, -0.2) is 8.42 Å². The fraction of sp³-hybridized carbons (Fsp3) is 0.458. The third-order valence-corrected chi connectivity index (χ3v) is 7.32. The van der Waals surface area contributed by atoms with Crippen molar-refractivity contribution in [3.63, 3.8) is 0 Å². The number of amides is 1. The number of nitrogens with zero attached hydrogens (tertiary/aromatic N) is 1. The van der Waals surface area contributed by atoms with Gasteiger partial charge in [0.25, 0.3) is 10.0 Å². The van der Waals surface area contributed by atoms with Gasteiger partial charge in [0.1, 0.15) is 5.75 Å². The molecule has 0 atom stereocenters. The van der Waals surface area contributed by atoms with Gasteiger partial charge in [0.15, 0.2) is 0 Å². The highest BCUT2D eigenvalue weighted by atomic mass is 32.2. The van der Waals surface area contributed by atoms with Gasteiger partial charge in [0.05, 0.1) is 17.2 Å². The van der Waals surface area contributed by atoms with Crippen molar-refractivity contribution in [2.75, 3.05) is 22.8 Å². The van der Waals surface area contributed by atoms with Crippen molar-refractivity contribution in [3.05, 3.63) is 48.0 Å². The molecule has 2 aromatic carbocycles. The molecule has 6 nitrogen and oxygen atoms in total. The second kappa shape index (κ2) is 8.91. The highest BCUT2D eigenvalue weighted by Gasteiger charge is 2.32. The van der Waals surface area contributed by atoms with Gasteiger partial charge >= 0.3 is 0 Å². The van der Waals surface area contributed by atoms with Crippen LogP contribution in [0.4, 0.5) is 11.4 Å². The Hall–Kier alpha value is -2.54. The van der Waals surface area contributed by atoms with E-state index in [4.69, 9.17) is 4.74 Å². The number of nitrogens with one attached hydrogen (secondary N) is 1. The average Bonchev–Trinajstić information content (AvgIpc) is 3.42. The summed E-state index contributed by atoms with van der Waals surface area (Å²) in [6, 6.07) is 11.9. The maximum Gasteiger partial charge on any atom is 0.261 e. The lowest BCUT2D eigenvalue weighted by molar-refractivity contribution is -0.122. The predicted molar refractivity (Wildman–Crippen MR) is 122 cm³/mol. The van der Waals surface area contributed by atoms with Crippen LogP contribution in [-0.4, -0.2) is 27.5 Å². The Morgan fingerprint density at radius 1 is 1.13 bits per heavy atom. The number of hydrogen-bond acceptors (Lipinski definition) is 4. The Morgan fingerprint density at radius 3 is 2.52 bits per heavy atom. The van der Waals surface area contributed by atoms with Gasteiger partial charge in [-0.2, -0.15) is 0 Å². The van der Waals surface area contributed by atoms with Crippen LogP contribution in [0.5, 0.6) is 5.75 Å². The van der Waals surface area contributed by atoms with Crippen LogP contribution in [0.15, 0.2) is 47.4 Å². The Bertz CT molecular complexity index is 1040. The monoisotopic (exact) mass is 442 g/mol. The molecule has 166 valence electrons. The van der Waals surface area contributed by atoms with Crippen LogP contribution in [0.2, 0.25) is 0 Å². The zero-order chi connectivity index (χ0) is 22.0. The van der Waals surface area contributed by atoms with Gasteiger partial charge in [0, 0.05) is 18.2 Å². The molecular formula is C24H30N2O4S. The summed E-state index contributed by atoms with van der Waals surface area (Å²) in [4.78, 5) is 14.9. The minimum absolute atomic E-state index is 0.0997. The molecule has 1 aliphatic carbocycles. The largest absolute Gasteiger partial charge is 0.493 e. The number of carbonyl (C=O) groups is 1. The Labute approximate surface area is 184 Å². The van der Waals surface area contributed by atoms with Crippen LogP contribution in [0.25, 0.3) is 0 Å². The van der Waals surface area contributed by atoms with Crippen LogP contribution < -0.4 is 14.4 Å². The first kappa shape index (κ1) is 21.7. The number of fused-ring (bicyclic) bond motifs is 1. The lowest BCUT2D eigenvalue weighted by Gasteiger charge is -2.22. The molecule has 4 rings (SSSR count). The van der Waals surface area contributed by atoms with Crippen molar-refractivity contribution < 1.29 is 17.9 Å². The molecule has 0 saturated heterocycles. The summed E-state index contributed by atoms with van der Waals surface area (Å²) in [5.74, 6) is 1.31. The van der Waals surface area contributed by atoms with Crippen molar-refractivity contribution in [1.82, 2.24) is 0 Å². The summed E-state index contributed by atoms with van der Waals surface area (Å²) in [6.07, 6.45) is 4.93. The normalized spacial score (nSPS) is 16.5. The fourth-order valence-electron chi connectivity index (χ4n) is 4.26. The first-order valence-corrected chi connectivity index (χ1v) is 12.5. The third-order valence-electron chi connectivity index (χ3n) is 5.92.